The highest BCUT2D eigenvalue weighted by Crippen LogP contribution is 2.22. The van der Waals surface area contributed by atoms with Gasteiger partial charge in [-0.3, -0.25) is 5.43 Å². The van der Waals surface area contributed by atoms with Crippen molar-refractivity contribution in [2.75, 3.05) is 0 Å². The number of hydrogen-bond donors (Lipinski definition) is 1. The Hall–Kier alpha value is -1.07. The zero-order valence-corrected chi connectivity index (χ0v) is 5.35. The zero-order chi connectivity index (χ0) is 8.48. The third-order valence-corrected chi connectivity index (χ3v) is 1.27. The Morgan fingerprint density at radius 3 is 2.55 bits per heavy atom. The molecule has 0 spiro atoms. The smallest absolute Gasteiger partial charge is 0.301 e. The largest absolute Gasteiger partial charge is 0.431 e. The number of alkyl halides is 3. The first-order chi connectivity index (χ1) is 5.04. The molecule has 1 aliphatic rings. The molecule has 1 atom stereocenters. The van der Waals surface area contributed by atoms with E-state index < -0.39 is 17.9 Å². The molecular weight excluding hydrogens is 161 g/mol. The number of rotatable bonds is 1. The number of hydrogen-bond acceptors (Lipinski definition) is 3. The molecule has 0 saturated carbocycles. The van der Waals surface area contributed by atoms with Gasteiger partial charge < -0.3 is 4.79 Å². The van der Waals surface area contributed by atoms with Crippen LogP contribution in [0.4, 0.5) is 13.2 Å². The predicted octanol–water partition coefficient (Wildman–Crippen LogP) is 0.465. The van der Waals surface area contributed by atoms with E-state index in [1.54, 1.807) is 0 Å². The molecule has 3 nitrogen and oxygen atoms in total. The lowest BCUT2D eigenvalue weighted by molar-refractivity contribution is -0.109. The first kappa shape index (κ1) is 8.03. The Morgan fingerprint density at radius 1 is 1.64 bits per heavy atom. The van der Waals surface area contributed by atoms with Crippen molar-refractivity contribution in [1.82, 2.24) is 5.43 Å². The summed E-state index contributed by atoms with van der Waals surface area (Å²) in [6.07, 6.45) is -4.38. The summed E-state index contributed by atoms with van der Waals surface area (Å²) in [7, 11) is 0. The van der Waals surface area contributed by atoms with Gasteiger partial charge in [-0.15, -0.1) is 0 Å². The van der Waals surface area contributed by atoms with E-state index in [1.165, 1.54) is 0 Å². The van der Waals surface area contributed by atoms with E-state index in [2.05, 4.69) is 10.5 Å². The highest BCUT2D eigenvalue weighted by molar-refractivity contribution is 5.93. The number of carbonyl (C=O) groups excluding carboxylic acids is 1. The summed E-state index contributed by atoms with van der Waals surface area (Å²) in [5.41, 5.74) is 1.14. The molecule has 0 aliphatic carbocycles. The minimum absolute atomic E-state index is 0.368. The van der Waals surface area contributed by atoms with Gasteiger partial charge in [-0.25, -0.2) is 0 Å². The summed E-state index contributed by atoms with van der Waals surface area (Å²) in [6.45, 7) is 0. The fraction of sp³-hybridized carbons (Fsp3) is 0.600. The summed E-state index contributed by atoms with van der Waals surface area (Å²) in [5.74, 6) is 0. The molecular formula is C5H5F3N2O. The topological polar surface area (TPSA) is 41.5 Å². The quantitative estimate of drug-likeness (QED) is 0.575. The van der Waals surface area contributed by atoms with Crippen molar-refractivity contribution in [3.8, 4) is 0 Å². The molecule has 6 heteroatoms. The van der Waals surface area contributed by atoms with Crippen LogP contribution in [0, 0.1) is 0 Å². The Labute approximate surface area is 60.3 Å². The van der Waals surface area contributed by atoms with Crippen LogP contribution in [0.25, 0.3) is 0 Å². The first-order valence-electron chi connectivity index (χ1n) is 2.88. The van der Waals surface area contributed by atoms with Gasteiger partial charge in [0.1, 0.15) is 18.0 Å². The maximum absolute atomic E-state index is 11.8. The van der Waals surface area contributed by atoms with E-state index in [0.717, 1.165) is 0 Å². The first-order valence-corrected chi connectivity index (χ1v) is 2.88. The maximum Gasteiger partial charge on any atom is 0.431 e. The van der Waals surface area contributed by atoms with Crippen LogP contribution in [0.1, 0.15) is 6.42 Å². The highest BCUT2D eigenvalue weighted by Gasteiger charge is 2.39. The molecule has 0 aromatic heterocycles. The van der Waals surface area contributed by atoms with Crippen LogP contribution >= 0.6 is 0 Å². The van der Waals surface area contributed by atoms with Crippen LogP contribution in [0.5, 0.6) is 0 Å². The number of nitrogens with one attached hydrogen (secondary N) is 1. The molecule has 0 saturated heterocycles. The minimum atomic E-state index is -4.41. The van der Waals surface area contributed by atoms with Crippen LogP contribution in [0.15, 0.2) is 5.10 Å². The Bertz CT molecular complexity index is 198. The normalized spacial score (nSPS) is 24.3. The molecule has 62 valence electrons. The molecule has 0 amide bonds. The molecule has 0 radical (unpaired) electrons. The van der Waals surface area contributed by atoms with Gasteiger partial charge in [0.15, 0.2) is 0 Å². The molecule has 1 aliphatic heterocycles. The SMILES string of the molecule is O=CC1CC(C(F)(F)F)=NN1. The number of carbonyl (C=O) groups is 1. The Kier molecular flexibility index (Phi) is 1.84. The number of hydrazone groups is 1. The lowest BCUT2D eigenvalue weighted by Gasteiger charge is -2.02. The van der Waals surface area contributed by atoms with Crippen molar-refractivity contribution in [1.29, 1.82) is 0 Å². The van der Waals surface area contributed by atoms with E-state index in [1.807, 2.05) is 0 Å². The van der Waals surface area contributed by atoms with E-state index >= 15 is 0 Å². The molecule has 0 aromatic rings. The van der Waals surface area contributed by atoms with Gasteiger partial charge in [0.05, 0.1) is 0 Å². The van der Waals surface area contributed by atoms with Crippen molar-refractivity contribution in [2.24, 2.45) is 5.10 Å². The van der Waals surface area contributed by atoms with Crippen LogP contribution in [0.3, 0.4) is 0 Å². The maximum atomic E-state index is 11.8. The Morgan fingerprint density at radius 2 is 2.27 bits per heavy atom. The third-order valence-electron chi connectivity index (χ3n) is 1.27. The lowest BCUT2D eigenvalue weighted by Crippen LogP contribution is -2.24. The molecule has 1 rings (SSSR count). The molecule has 1 N–H and O–H groups in total. The van der Waals surface area contributed by atoms with Gasteiger partial charge in [0.25, 0.3) is 0 Å². The third kappa shape index (κ3) is 1.69. The average molecular weight is 166 g/mol. The summed E-state index contributed by atoms with van der Waals surface area (Å²) in [5, 5.41) is 2.97. The van der Waals surface area contributed by atoms with Gasteiger partial charge in [0.2, 0.25) is 0 Å². The van der Waals surface area contributed by atoms with Crippen molar-refractivity contribution < 1.29 is 18.0 Å². The van der Waals surface area contributed by atoms with Crippen molar-refractivity contribution in [2.45, 2.75) is 18.6 Å². The molecule has 1 heterocycles. The second-order valence-corrected chi connectivity index (χ2v) is 2.13. The molecule has 1 unspecified atom stereocenters. The van der Waals surface area contributed by atoms with Crippen molar-refractivity contribution in [3.05, 3.63) is 0 Å². The number of nitrogens with zero attached hydrogens (tertiary/aromatic N) is 1. The van der Waals surface area contributed by atoms with Crippen molar-refractivity contribution in [3.63, 3.8) is 0 Å². The highest BCUT2D eigenvalue weighted by atomic mass is 19.4. The van der Waals surface area contributed by atoms with E-state index in [-0.39, 0.29) is 6.42 Å². The summed E-state index contributed by atoms with van der Waals surface area (Å²) in [4.78, 5) is 9.98. The predicted molar refractivity (Wildman–Crippen MR) is 31.1 cm³/mol. The van der Waals surface area contributed by atoms with E-state index in [0.29, 0.717) is 6.29 Å². The molecule has 11 heavy (non-hydrogen) atoms. The van der Waals surface area contributed by atoms with Crippen molar-refractivity contribution >= 4 is 12.0 Å². The van der Waals surface area contributed by atoms with Crippen LogP contribution in [-0.2, 0) is 4.79 Å². The second kappa shape index (κ2) is 2.52. The second-order valence-electron chi connectivity index (χ2n) is 2.13. The number of aldehydes is 1. The van der Waals surface area contributed by atoms with Crippen LogP contribution < -0.4 is 5.43 Å². The standard InChI is InChI=1S/C5H5F3N2O/c6-5(7,8)4-1-3(2-11)9-10-4/h2-3,9H,1H2. The van der Waals surface area contributed by atoms with Gasteiger partial charge in [0, 0.05) is 6.42 Å². The number of halogens is 3. The summed E-state index contributed by atoms with van der Waals surface area (Å²) >= 11 is 0. The van der Waals surface area contributed by atoms with Gasteiger partial charge >= 0.3 is 6.18 Å². The van der Waals surface area contributed by atoms with E-state index in [9.17, 15) is 18.0 Å². The monoisotopic (exact) mass is 166 g/mol. The van der Waals surface area contributed by atoms with Gasteiger partial charge in [-0.05, 0) is 0 Å². The summed E-state index contributed by atoms with van der Waals surface area (Å²) in [6, 6.07) is -0.813. The van der Waals surface area contributed by atoms with Gasteiger partial charge in [-0.1, -0.05) is 0 Å². The Balaban J connectivity index is 2.59. The minimum Gasteiger partial charge on any atom is -0.301 e. The zero-order valence-electron chi connectivity index (χ0n) is 5.35. The fourth-order valence-corrected chi connectivity index (χ4v) is 0.718. The molecule has 0 bridgehead atoms. The fourth-order valence-electron chi connectivity index (χ4n) is 0.718. The van der Waals surface area contributed by atoms with Crippen LogP contribution in [0.2, 0.25) is 0 Å². The summed E-state index contributed by atoms with van der Waals surface area (Å²) < 4.78 is 35.4. The van der Waals surface area contributed by atoms with Gasteiger partial charge in [-0.2, -0.15) is 18.3 Å². The van der Waals surface area contributed by atoms with Crippen LogP contribution in [-0.4, -0.2) is 24.2 Å². The molecule has 0 fully saturated rings. The lowest BCUT2D eigenvalue weighted by atomic mass is 10.2. The molecule has 0 aromatic carbocycles. The van der Waals surface area contributed by atoms with E-state index in [4.69, 9.17) is 0 Å². The average Bonchev–Trinajstić information content (AvgIpc) is 2.32.